The Hall–Kier alpha value is -3.87. The number of carbonyl (C=O) groups is 1. The number of fused-ring (bicyclic) bond motifs is 1. The summed E-state index contributed by atoms with van der Waals surface area (Å²) in [6.07, 6.45) is 4.14. The summed E-state index contributed by atoms with van der Waals surface area (Å²) in [5.41, 5.74) is 0.707. The van der Waals surface area contributed by atoms with Crippen LogP contribution in [0.2, 0.25) is 0 Å². The van der Waals surface area contributed by atoms with Crippen molar-refractivity contribution in [2.45, 2.75) is 19.4 Å². The molecule has 0 bridgehead atoms. The third-order valence-electron chi connectivity index (χ3n) is 4.73. The van der Waals surface area contributed by atoms with Crippen LogP contribution in [0.4, 0.5) is 5.69 Å². The van der Waals surface area contributed by atoms with Gasteiger partial charge in [-0.15, -0.1) is 0 Å². The van der Waals surface area contributed by atoms with Gasteiger partial charge in [0.2, 0.25) is 5.91 Å². The summed E-state index contributed by atoms with van der Waals surface area (Å²) >= 11 is 0. The van der Waals surface area contributed by atoms with Gasteiger partial charge in [-0.3, -0.25) is 4.79 Å². The second-order valence-corrected chi connectivity index (χ2v) is 7.01. The van der Waals surface area contributed by atoms with Crippen LogP contribution in [0, 0.1) is 0 Å². The second-order valence-electron chi connectivity index (χ2n) is 7.01. The number of benzene rings is 3. The molecule has 7 nitrogen and oxygen atoms in total. The second kappa shape index (κ2) is 10.2. The zero-order valence-corrected chi connectivity index (χ0v) is 17.1. The molecule has 4 rings (SSSR count). The highest BCUT2D eigenvalue weighted by Crippen LogP contribution is 2.25. The van der Waals surface area contributed by atoms with E-state index in [0.29, 0.717) is 44.0 Å². The fourth-order valence-electron chi connectivity index (χ4n) is 3.23. The molecule has 31 heavy (non-hydrogen) atoms. The third-order valence-corrected chi connectivity index (χ3v) is 4.73. The van der Waals surface area contributed by atoms with Gasteiger partial charge in [0.25, 0.3) is 0 Å². The van der Waals surface area contributed by atoms with Gasteiger partial charge in [-0.05, 0) is 30.0 Å². The zero-order chi connectivity index (χ0) is 21.3. The van der Waals surface area contributed by atoms with Crippen molar-refractivity contribution in [3.63, 3.8) is 0 Å². The standard InChI is InChI=1S/C24H24N4O3/c29-24(12-5-14-31-23-11-3-7-19-6-1-2-10-22(19)23)27-20-8-4-9-21(16-20)30-15-13-28-18-25-17-26-28/h1-4,6-11,16-18H,5,12-15H2,(H,27,29). The maximum absolute atomic E-state index is 12.3. The minimum absolute atomic E-state index is 0.0544. The lowest BCUT2D eigenvalue weighted by atomic mass is 10.1. The van der Waals surface area contributed by atoms with Gasteiger partial charge in [0.05, 0.1) is 13.2 Å². The van der Waals surface area contributed by atoms with Crippen LogP contribution in [0.1, 0.15) is 12.8 Å². The third kappa shape index (κ3) is 5.82. The number of anilines is 1. The smallest absolute Gasteiger partial charge is 0.224 e. The van der Waals surface area contributed by atoms with Crippen LogP contribution < -0.4 is 14.8 Å². The maximum atomic E-state index is 12.3. The fourth-order valence-corrected chi connectivity index (χ4v) is 3.23. The average molecular weight is 416 g/mol. The fraction of sp³-hybridized carbons (Fsp3) is 0.208. The molecule has 0 atom stereocenters. The Bertz CT molecular complexity index is 1120. The molecule has 158 valence electrons. The number of nitrogens with zero attached hydrogens (tertiary/aromatic N) is 3. The van der Waals surface area contributed by atoms with Gasteiger partial charge in [-0.25, -0.2) is 9.67 Å². The van der Waals surface area contributed by atoms with Crippen molar-refractivity contribution in [3.8, 4) is 11.5 Å². The predicted molar refractivity (Wildman–Crippen MR) is 119 cm³/mol. The molecule has 0 spiro atoms. The molecular weight excluding hydrogens is 392 g/mol. The van der Waals surface area contributed by atoms with Crippen molar-refractivity contribution in [3.05, 3.63) is 79.4 Å². The quantitative estimate of drug-likeness (QED) is 0.390. The van der Waals surface area contributed by atoms with Crippen molar-refractivity contribution in [1.82, 2.24) is 14.8 Å². The average Bonchev–Trinajstić information content (AvgIpc) is 3.31. The van der Waals surface area contributed by atoms with E-state index in [-0.39, 0.29) is 5.91 Å². The Balaban J connectivity index is 1.20. The predicted octanol–water partition coefficient (Wildman–Crippen LogP) is 4.31. The van der Waals surface area contributed by atoms with E-state index >= 15 is 0 Å². The summed E-state index contributed by atoms with van der Waals surface area (Å²) in [5.74, 6) is 1.48. The van der Waals surface area contributed by atoms with Crippen molar-refractivity contribution in [1.29, 1.82) is 0 Å². The molecule has 0 saturated carbocycles. The lowest BCUT2D eigenvalue weighted by Gasteiger charge is -2.10. The molecule has 3 aromatic carbocycles. The van der Waals surface area contributed by atoms with Crippen LogP contribution in [0.3, 0.4) is 0 Å². The Morgan fingerprint density at radius 3 is 2.74 bits per heavy atom. The first kappa shape index (κ1) is 20.4. The zero-order valence-electron chi connectivity index (χ0n) is 17.1. The van der Waals surface area contributed by atoms with Gasteiger partial charge >= 0.3 is 0 Å². The number of amides is 1. The van der Waals surface area contributed by atoms with Gasteiger partial charge in [-0.1, -0.05) is 42.5 Å². The molecule has 0 aliphatic carbocycles. The molecule has 0 aliphatic rings. The van der Waals surface area contributed by atoms with Crippen LogP contribution in [0.5, 0.6) is 11.5 Å². The Kier molecular flexibility index (Phi) is 6.74. The van der Waals surface area contributed by atoms with E-state index in [9.17, 15) is 4.79 Å². The summed E-state index contributed by atoms with van der Waals surface area (Å²) in [7, 11) is 0. The molecule has 1 amide bonds. The summed E-state index contributed by atoms with van der Waals surface area (Å²) in [6.45, 7) is 1.55. The summed E-state index contributed by atoms with van der Waals surface area (Å²) < 4.78 is 13.3. The highest BCUT2D eigenvalue weighted by atomic mass is 16.5. The van der Waals surface area contributed by atoms with Crippen molar-refractivity contribution in [2.24, 2.45) is 0 Å². The highest BCUT2D eigenvalue weighted by Gasteiger charge is 2.06. The van der Waals surface area contributed by atoms with Crippen LogP contribution in [-0.2, 0) is 11.3 Å². The molecule has 0 saturated heterocycles. The van der Waals surface area contributed by atoms with E-state index in [1.165, 1.54) is 6.33 Å². The van der Waals surface area contributed by atoms with E-state index in [4.69, 9.17) is 9.47 Å². The van der Waals surface area contributed by atoms with Gasteiger partial charge < -0.3 is 14.8 Å². The monoisotopic (exact) mass is 416 g/mol. The number of aromatic nitrogens is 3. The van der Waals surface area contributed by atoms with E-state index in [2.05, 4.69) is 27.5 Å². The van der Waals surface area contributed by atoms with Gasteiger partial charge in [-0.2, -0.15) is 5.10 Å². The largest absolute Gasteiger partial charge is 0.493 e. The topological polar surface area (TPSA) is 78.3 Å². The molecule has 0 aliphatic heterocycles. The maximum Gasteiger partial charge on any atom is 0.224 e. The molecule has 1 aromatic heterocycles. The number of rotatable bonds is 10. The van der Waals surface area contributed by atoms with Gasteiger partial charge in [0.15, 0.2) is 0 Å². The van der Waals surface area contributed by atoms with E-state index < -0.39 is 0 Å². The van der Waals surface area contributed by atoms with E-state index in [1.807, 2.05) is 54.6 Å². The number of carbonyl (C=O) groups excluding carboxylic acids is 1. The highest BCUT2D eigenvalue weighted by molar-refractivity contribution is 5.91. The van der Waals surface area contributed by atoms with E-state index in [0.717, 1.165) is 16.5 Å². The van der Waals surface area contributed by atoms with Crippen LogP contribution in [0.25, 0.3) is 10.8 Å². The van der Waals surface area contributed by atoms with Crippen LogP contribution in [-0.4, -0.2) is 33.9 Å². The summed E-state index contributed by atoms with van der Waals surface area (Å²) in [4.78, 5) is 16.2. The number of ether oxygens (including phenoxy) is 2. The Morgan fingerprint density at radius 2 is 1.84 bits per heavy atom. The molecule has 1 heterocycles. The minimum Gasteiger partial charge on any atom is -0.493 e. The summed E-state index contributed by atoms with van der Waals surface area (Å²) in [6, 6.07) is 21.5. The first-order valence-corrected chi connectivity index (χ1v) is 10.2. The molecule has 4 aromatic rings. The first-order valence-electron chi connectivity index (χ1n) is 10.2. The van der Waals surface area contributed by atoms with E-state index in [1.54, 1.807) is 11.0 Å². The van der Waals surface area contributed by atoms with Crippen molar-refractivity contribution >= 4 is 22.4 Å². The lowest BCUT2D eigenvalue weighted by molar-refractivity contribution is -0.116. The first-order chi connectivity index (χ1) is 15.3. The lowest BCUT2D eigenvalue weighted by Crippen LogP contribution is -2.13. The van der Waals surface area contributed by atoms with Crippen molar-refractivity contribution < 1.29 is 14.3 Å². The van der Waals surface area contributed by atoms with Crippen molar-refractivity contribution in [2.75, 3.05) is 18.5 Å². The summed E-state index contributed by atoms with van der Waals surface area (Å²) in [5, 5.41) is 9.16. The van der Waals surface area contributed by atoms with Crippen LogP contribution >= 0.6 is 0 Å². The van der Waals surface area contributed by atoms with Crippen LogP contribution in [0.15, 0.2) is 79.4 Å². The molecule has 7 heteroatoms. The minimum atomic E-state index is -0.0544. The van der Waals surface area contributed by atoms with Gasteiger partial charge in [0, 0.05) is 23.6 Å². The Morgan fingerprint density at radius 1 is 0.968 bits per heavy atom. The number of hydrogen-bond acceptors (Lipinski definition) is 5. The molecule has 1 N–H and O–H groups in total. The number of hydrogen-bond donors (Lipinski definition) is 1. The molecule has 0 unspecified atom stereocenters. The number of nitrogens with one attached hydrogen (secondary N) is 1. The molecular formula is C24H24N4O3. The van der Waals surface area contributed by atoms with Gasteiger partial charge in [0.1, 0.15) is 30.8 Å². The SMILES string of the molecule is O=C(CCCOc1cccc2ccccc12)Nc1cccc(OCCn2cncn2)c1. The molecule has 0 fully saturated rings. The Labute approximate surface area is 180 Å². The molecule has 0 radical (unpaired) electrons. The normalized spacial score (nSPS) is 10.7.